The van der Waals surface area contributed by atoms with E-state index >= 15 is 0 Å². The van der Waals surface area contributed by atoms with Gasteiger partial charge in [-0.3, -0.25) is 30.3 Å². The highest BCUT2D eigenvalue weighted by molar-refractivity contribution is 5.91. The van der Waals surface area contributed by atoms with E-state index in [0.717, 1.165) is 24.4 Å². The highest BCUT2D eigenvalue weighted by Crippen LogP contribution is 2.23. The molecule has 152 valence electrons. The van der Waals surface area contributed by atoms with Crippen molar-refractivity contribution in [2.45, 2.75) is 19.4 Å². The third-order valence-electron chi connectivity index (χ3n) is 3.78. The molecule has 1 heterocycles. The van der Waals surface area contributed by atoms with Crippen LogP contribution in [0.5, 0.6) is 0 Å². The van der Waals surface area contributed by atoms with E-state index in [-0.39, 0.29) is 17.9 Å². The van der Waals surface area contributed by atoms with Gasteiger partial charge in [0, 0.05) is 18.2 Å². The molecule has 2 rings (SSSR count). The van der Waals surface area contributed by atoms with Crippen molar-refractivity contribution in [2.75, 3.05) is 11.9 Å². The molecule has 0 aliphatic rings. The molecule has 0 aliphatic heterocycles. The summed E-state index contributed by atoms with van der Waals surface area (Å²) < 4.78 is 5.10. The lowest BCUT2D eigenvalue weighted by molar-refractivity contribution is -0.394. The molecule has 0 spiro atoms. The predicted molar refractivity (Wildman–Crippen MR) is 98.6 cm³/mol. The predicted octanol–water partition coefficient (Wildman–Crippen LogP) is 2.85. The standard InChI is InChI=1S/C16H15N5O8/c1-2-11(18-15-4-3-12(8-17-15)19(23)24)9-29-16(22)10-5-13(20(25)26)7-14(6-10)21(27)28/h3-8,11H,2,9H2,1H3,(H,17,18). The molecule has 0 aliphatic carbocycles. The summed E-state index contributed by atoms with van der Waals surface area (Å²) in [5.74, 6) is -0.641. The second kappa shape index (κ2) is 9.16. The van der Waals surface area contributed by atoms with Gasteiger partial charge in [0.15, 0.2) is 0 Å². The van der Waals surface area contributed by atoms with Crippen molar-refractivity contribution in [1.82, 2.24) is 4.98 Å². The molecular weight excluding hydrogens is 390 g/mol. The van der Waals surface area contributed by atoms with Crippen molar-refractivity contribution in [3.8, 4) is 0 Å². The van der Waals surface area contributed by atoms with Crippen LogP contribution < -0.4 is 5.32 Å². The zero-order chi connectivity index (χ0) is 21.6. The van der Waals surface area contributed by atoms with Gasteiger partial charge in [0.25, 0.3) is 17.1 Å². The van der Waals surface area contributed by atoms with E-state index in [1.54, 1.807) is 6.92 Å². The number of carbonyl (C=O) groups is 1. The fourth-order valence-corrected chi connectivity index (χ4v) is 2.23. The van der Waals surface area contributed by atoms with Crippen LogP contribution in [0.25, 0.3) is 0 Å². The van der Waals surface area contributed by atoms with Gasteiger partial charge < -0.3 is 10.1 Å². The number of benzene rings is 1. The number of rotatable bonds is 9. The lowest BCUT2D eigenvalue weighted by Gasteiger charge is -2.17. The van der Waals surface area contributed by atoms with E-state index < -0.39 is 38.2 Å². The molecular formula is C16H15N5O8. The Balaban J connectivity index is 2.07. The van der Waals surface area contributed by atoms with Gasteiger partial charge in [-0.15, -0.1) is 0 Å². The first-order valence-corrected chi connectivity index (χ1v) is 8.19. The largest absolute Gasteiger partial charge is 0.460 e. The number of anilines is 1. The van der Waals surface area contributed by atoms with Crippen molar-refractivity contribution < 1.29 is 24.3 Å². The molecule has 0 saturated carbocycles. The Kier molecular flexibility index (Phi) is 6.68. The Hall–Kier alpha value is -4.16. The van der Waals surface area contributed by atoms with E-state index in [4.69, 9.17) is 4.74 Å². The Morgan fingerprint density at radius 2 is 1.62 bits per heavy atom. The molecule has 0 amide bonds. The summed E-state index contributed by atoms with van der Waals surface area (Å²) in [7, 11) is 0. The molecule has 0 fully saturated rings. The fraction of sp³-hybridized carbons (Fsp3) is 0.250. The zero-order valence-electron chi connectivity index (χ0n) is 15.0. The molecule has 13 heteroatoms. The van der Waals surface area contributed by atoms with E-state index in [0.29, 0.717) is 12.2 Å². The number of nitrogens with zero attached hydrogens (tertiary/aromatic N) is 4. The quantitative estimate of drug-likeness (QED) is 0.370. The number of pyridine rings is 1. The second-order valence-electron chi connectivity index (χ2n) is 5.76. The van der Waals surface area contributed by atoms with Crippen LogP contribution in [0.15, 0.2) is 36.5 Å². The smallest absolute Gasteiger partial charge is 0.338 e. The third-order valence-corrected chi connectivity index (χ3v) is 3.78. The number of non-ortho nitro benzene ring substituents is 2. The first-order chi connectivity index (χ1) is 13.7. The highest BCUT2D eigenvalue weighted by atomic mass is 16.6. The number of aromatic nitrogens is 1. The van der Waals surface area contributed by atoms with Crippen LogP contribution in [0.1, 0.15) is 23.7 Å². The van der Waals surface area contributed by atoms with Gasteiger partial charge in [0.1, 0.15) is 18.6 Å². The van der Waals surface area contributed by atoms with Crippen LogP contribution in [-0.4, -0.2) is 38.4 Å². The molecule has 0 radical (unpaired) electrons. The molecule has 0 bridgehead atoms. The van der Waals surface area contributed by atoms with Gasteiger partial charge in [-0.25, -0.2) is 9.78 Å². The van der Waals surface area contributed by atoms with Gasteiger partial charge in [-0.05, 0) is 12.5 Å². The van der Waals surface area contributed by atoms with Gasteiger partial charge in [0.05, 0.1) is 32.4 Å². The van der Waals surface area contributed by atoms with Crippen molar-refractivity contribution in [3.63, 3.8) is 0 Å². The molecule has 1 atom stereocenters. The minimum absolute atomic E-state index is 0.162. The number of nitrogens with one attached hydrogen (secondary N) is 1. The number of ether oxygens (including phenoxy) is 1. The number of nitro benzene ring substituents is 2. The highest BCUT2D eigenvalue weighted by Gasteiger charge is 2.21. The average Bonchev–Trinajstić information content (AvgIpc) is 2.70. The molecule has 29 heavy (non-hydrogen) atoms. The Bertz CT molecular complexity index is 915. The van der Waals surface area contributed by atoms with Gasteiger partial charge >= 0.3 is 5.97 Å². The average molecular weight is 405 g/mol. The van der Waals surface area contributed by atoms with Gasteiger partial charge in [-0.2, -0.15) is 0 Å². The summed E-state index contributed by atoms with van der Waals surface area (Å²) in [5, 5.41) is 35.4. The van der Waals surface area contributed by atoms with Gasteiger partial charge in [-0.1, -0.05) is 6.92 Å². The van der Waals surface area contributed by atoms with Crippen LogP contribution in [-0.2, 0) is 4.74 Å². The van der Waals surface area contributed by atoms with Crippen molar-refractivity contribution >= 4 is 28.8 Å². The Morgan fingerprint density at radius 1 is 1.03 bits per heavy atom. The second-order valence-corrected chi connectivity index (χ2v) is 5.76. The third kappa shape index (κ3) is 5.66. The minimum atomic E-state index is -0.964. The summed E-state index contributed by atoms with van der Waals surface area (Å²) in [5.41, 5.74) is -1.71. The first-order valence-electron chi connectivity index (χ1n) is 8.19. The van der Waals surface area contributed by atoms with Gasteiger partial charge in [0.2, 0.25) is 0 Å². The van der Waals surface area contributed by atoms with Crippen molar-refractivity contribution in [2.24, 2.45) is 0 Å². The topological polar surface area (TPSA) is 181 Å². The summed E-state index contributed by atoms with van der Waals surface area (Å²) in [6.07, 6.45) is 1.56. The lowest BCUT2D eigenvalue weighted by atomic mass is 10.1. The molecule has 2 aromatic rings. The molecule has 1 N–H and O–H groups in total. The Morgan fingerprint density at radius 3 is 2.07 bits per heavy atom. The summed E-state index contributed by atoms with van der Waals surface area (Å²) >= 11 is 0. The van der Waals surface area contributed by atoms with E-state index in [2.05, 4.69) is 10.3 Å². The number of esters is 1. The van der Waals surface area contributed by atoms with E-state index in [1.807, 2.05) is 0 Å². The number of nitro groups is 3. The number of hydrogen-bond donors (Lipinski definition) is 1. The molecule has 1 unspecified atom stereocenters. The maximum absolute atomic E-state index is 12.2. The SMILES string of the molecule is CCC(COC(=O)c1cc([N+](=O)[O-])cc([N+](=O)[O-])c1)Nc1ccc([N+](=O)[O-])cn1. The first kappa shape index (κ1) is 21.1. The van der Waals surface area contributed by atoms with Crippen LogP contribution in [0.2, 0.25) is 0 Å². The lowest BCUT2D eigenvalue weighted by Crippen LogP contribution is -2.26. The van der Waals surface area contributed by atoms with Crippen LogP contribution in [0, 0.1) is 30.3 Å². The summed E-state index contributed by atoms with van der Waals surface area (Å²) in [6, 6.07) is 4.76. The van der Waals surface area contributed by atoms with E-state index in [9.17, 15) is 35.1 Å². The molecule has 13 nitrogen and oxygen atoms in total. The fourth-order valence-electron chi connectivity index (χ4n) is 2.23. The number of hydrogen-bond acceptors (Lipinski definition) is 10. The molecule has 0 saturated heterocycles. The number of carbonyl (C=O) groups excluding carboxylic acids is 1. The molecule has 1 aromatic heterocycles. The maximum Gasteiger partial charge on any atom is 0.338 e. The minimum Gasteiger partial charge on any atom is -0.460 e. The van der Waals surface area contributed by atoms with E-state index in [1.165, 1.54) is 12.1 Å². The summed E-state index contributed by atoms with van der Waals surface area (Å²) in [4.78, 5) is 46.3. The monoisotopic (exact) mass is 405 g/mol. The van der Waals surface area contributed by atoms with Crippen molar-refractivity contribution in [1.29, 1.82) is 0 Å². The van der Waals surface area contributed by atoms with Crippen LogP contribution in [0.3, 0.4) is 0 Å². The van der Waals surface area contributed by atoms with Crippen molar-refractivity contribution in [3.05, 3.63) is 72.4 Å². The normalized spacial score (nSPS) is 11.3. The van der Waals surface area contributed by atoms with Crippen LogP contribution in [0.4, 0.5) is 22.9 Å². The molecule has 1 aromatic carbocycles. The van der Waals surface area contributed by atoms with Crippen LogP contribution >= 0.6 is 0 Å². The summed E-state index contributed by atoms with van der Waals surface area (Å²) in [6.45, 7) is 1.62. The Labute approximate surface area is 162 Å². The maximum atomic E-state index is 12.2. The zero-order valence-corrected chi connectivity index (χ0v) is 15.0.